The number of nitrogen functional groups attached to an aromatic ring is 1. The number of amides is 1. The molecule has 0 unspecified atom stereocenters. The Morgan fingerprint density at radius 2 is 1.76 bits per heavy atom. The van der Waals surface area contributed by atoms with Gasteiger partial charge in [-0.25, -0.2) is 0 Å². The van der Waals surface area contributed by atoms with Crippen LogP contribution in [-0.4, -0.2) is 13.0 Å². The minimum atomic E-state index is -0.0261. The van der Waals surface area contributed by atoms with Gasteiger partial charge in [-0.05, 0) is 24.1 Å². The second-order valence-corrected chi connectivity index (χ2v) is 4.84. The largest absolute Gasteiger partial charge is 0.399 e. The van der Waals surface area contributed by atoms with Crippen LogP contribution in [0.3, 0.4) is 0 Å². The van der Waals surface area contributed by atoms with Gasteiger partial charge < -0.3 is 15.8 Å². The molecule has 0 spiro atoms. The highest BCUT2D eigenvalue weighted by Gasteiger charge is 2.07. The summed E-state index contributed by atoms with van der Waals surface area (Å²) in [5.41, 5.74) is 9.36. The second kappa shape index (κ2) is 7.45. The zero-order valence-electron chi connectivity index (χ0n) is 12.1. The summed E-state index contributed by atoms with van der Waals surface area (Å²) in [6.07, 6.45) is 1.03. The number of carbonyl (C=O) groups excluding carboxylic acids is 1. The molecule has 4 nitrogen and oxygen atoms in total. The highest BCUT2D eigenvalue weighted by molar-refractivity contribution is 5.91. The molecule has 1 amide bonds. The van der Waals surface area contributed by atoms with Crippen LogP contribution >= 0.6 is 0 Å². The van der Waals surface area contributed by atoms with Gasteiger partial charge in [0.2, 0.25) is 5.91 Å². The molecule has 110 valence electrons. The molecule has 4 heteroatoms. The highest BCUT2D eigenvalue weighted by atomic mass is 16.5. The molecule has 0 radical (unpaired) electrons. The van der Waals surface area contributed by atoms with E-state index in [-0.39, 0.29) is 5.91 Å². The van der Waals surface area contributed by atoms with Gasteiger partial charge in [0.15, 0.2) is 0 Å². The van der Waals surface area contributed by atoms with Crippen molar-refractivity contribution in [2.45, 2.75) is 19.4 Å². The van der Waals surface area contributed by atoms with Crippen molar-refractivity contribution in [3.05, 3.63) is 59.7 Å². The van der Waals surface area contributed by atoms with Crippen molar-refractivity contribution in [3.8, 4) is 0 Å². The molecule has 0 fully saturated rings. The summed E-state index contributed by atoms with van der Waals surface area (Å²) in [4.78, 5) is 12.1. The Morgan fingerprint density at radius 3 is 2.48 bits per heavy atom. The fourth-order valence-electron chi connectivity index (χ4n) is 2.15. The molecular formula is C17H20N2O2. The third-order valence-corrected chi connectivity index (χ3v) is 3.27. The Kier molecular flexibility index (Phi) is 5.35. The van der Waals surface area contributed by atoms with Crippen molar-refractivity contribution in [3.63, 3.8) is 0 Å². The lowest BCUT2D eigenvalue weighted by molar-refractivity contribution is -0.116. The number of nitrogens with two attached hydrogens (primary N) is 1. The quantitative estimate of drug-likeness (QED) is 0.801. The molecule has 0 aliphatic carbocycles. The average molecular weight is 284 g/mol. The van der Waals surface area contributed by atoms with Crippen molar-refractivity contribution in [1.82, 2.24) is 0 Å². The van der Waals surface area contributed by atoms with E-state index in [9.17, 15) is 4.79 Å². The van der Waals surface area contributed by atoms with Crippen molar-refractivity contribution in [2.75, 3.05) is 18.2 Å². The van der Waals surface area contributed by atoms with E-state index >= 15 is 0 Å². The minimum absolute atomic E-state index is 0.0261. The van der Waals surface area contributed by atoms with Gasteiger partial charge >= 0.3 is 0 Å². The first kappa shape index (κ1) is 15.1. The summed E-state index contributed by atoms with van der Waals surface area (Å²) in [5.74, 6) is -0.0261. The molecule has 0 saturated heterocycles. The summed E-state index contributed by atoms with van der Waals surface area (Å²) in [6.45, 7) is 0.474. The minimum Gasteiger partial charge on any atom is -0.399 e. The van der Waals surface area contributed by atoms with Crippen molar-refractivity contribution in [2.24, 2.45) is 0 Å². The highest BCUT2D eigenvalue weighted by Crippen LogP contribution is 2.17. The summed E-state index contributed by atoms with van der Waals surface area (Å²) >= 11 is 0. The maximum Gasteiger partial charge on any atom is 0.224 e. The molecule has 2 aromatic rings. The van der Waals surface area contributed by atoms with Gasteiger partial charge in [0, 0.05) is 30.5 Å². The van der Waals surface area contributed by atoms with E-state index < -0.39 is 0 Å². The Bertz CT molecular complexity index is 611. The predicted octanol–water partition coefficient (Wildman–Crippen LogP) is 2.99. The Morgan fingerprint density at radius 1 is 1.10 bits per heavy atom. The van der Waals surface area contributed by atoms with Gasteiger partial charge in [-0.15, -0.1) is 0 Å². The third kappa shape index (κ3) is 4.33. The number of nitrogens with one attached hydrogen (secondary N) is 1. The number of hydrogen-bond donors (Lipinski definition) is 2. The SMILES string of the molecule is COCc1ccccc1NC(=O)CCc1ccccc1N. The number of rotatable bonds is 6. The van der Waals surface area contributed by atoms with Crippen LogP contribution in [0, 0.1) is 0 Å². The van der Waals surface area contributed by atoms with Crippen LogP contribution < -0.4 is 11.1 Å². The van der Waals surface area contributed by atoms with Crippen LogP contribution in [-0.2, 0) is 22.6 Å². The first-order valence-corrected chi connectivity index (χ1v) is 6.91. The summed E-state index contributed by atoms with van der Waals surface area (Å²) in [6, 6.07) is 15.2. The molecule has 3 N–H and O–H groups in total. The van der Waals surface area contributed by atoms with E-state index in [4.69, 9.17) is 10.5 Å². The van der Waals surface area contributed by atoms with Gasteiger partial charge in [-0.3, -0.25) is 4.79 Å². The lowest BCUT2D eigenvalue weighted by atomic mass is 10.1. The predicted molar refractivity (Wildman–Crippen MR) is 85.0 cm³/mol. The van der Waals surface area contributed by atoms with Gasteiger partial charge in [-0.1, -0.05) is 36.4 Å². The number of benzene rings is 2. The van der Waals surface area contributed by atoms with E-state index in [1.165, 1.54) is 0 Å². The maximum atomic E-state index is 12.1. The zero-order chi connectivity index (χ0) is 15.1. The normalized spacial score (nSPS) is 10.3. The van der Waals surface area contributed by atoms with Crippen LogP contribution in [0.25, 0.3) is 0 Å². The van der Waals surface area contributed by atoms with Crippen LogP contribution in [0.1, 0.15) is 17.5 Å². The average Bonchev–Trinajstić information content (AvgIpc) is 2.49. The number of carbonyl (C=O) groups is 1. The Labute approximate surface area is 124 Å². The topological polar surface area (TPSA) is 64.3 Å². The number of ether oxygens (including phenoxy) is 1. The first-order valence-electron chi connectivity index (χ1n) is 6.91. The van der Waals surface area contributed by atoms with Crippen molar-refractivity contribution in [1.29, 1.82) is 0 Å². The van der Waals surface area contributed by atoms with Gasteiger partial charge in [-0.2, -0.15) is 0 Å². The van der Waals surface area contributed by atoms with E-state index in [0.29, 0.717) is 19.4 Å². The molecule has 0 atom stereocenters. The van der Waals surface area contributed by atoms with Crippen molar-refractivity contribution >= 4 is 17.3 Å². The lowest BCUT2D eigenvalue weighted by Gasteiger charge is -2.11. The molecule has 0 aromatic heterocycles. The van der Waals surface area contributed by atoms with Crippen molar-refractivity contribution < 1.29 is 9.53 Å². The third-order valence-electron chi connectivity index (χ3n) is 3.27. The Balaban J connectivity index is 1.95. The number of anilines is 2. The number of aryl methyl sites for hydroxylation is 1. The van der Waals surface area contributed by atoms with Gasteiger partial charge in [0.05, 0.1) is 6.61 Å². The van der Waals surface area contributed by atoms with Crippen LogP contribution in [0.2, 0.25) is 0 Å². The molecule has 21 heavy (non-hydrogen) atoms. The molecule has 0 bridgehead atoms. The van der Waals surface area contributed by atoms with E-state index in [1.54, 1.807) is 7.11 Å². The smallest absolute Gasteiger partial charge is 0.224 e. The number of methoxy groups -OCH3 is 1. The lowest BCUT2D eigenvalue weighted by Crippen LogP contribution is -2.14. The van der Waals surface area contributed by atoms with Gasteiger partial charge in [0.25, 0.3) is 0 Å². The fraction of sp³-hybridized carbons (Fsp3) is 0.235. The Hall–Kier alpha value is -2.33. The van der Waals surface area contributed by atoms with Crippen LogP contribution in [0.4, 0.5) is 11.4 Å². The molecule has 2 rings (SSSR count). The van der Waals surface area contributed by atoms with Crippen LogP contribution in [0.5, 0.6) is 0 Å². The van der Waals surface area contributed by atoms with Crippen LogP contribution in [0.15, 0.2) is 48.5 Å². The molecular weight excluding hydrogens is 264 g/mol. The molecule has 2 aromatic carbocycles. The number of para-hydroxylation sites is 2. The summed E-state index contributed by atoms with van der Waals surface area (Å²) in [5, 5.41) is 2.93. The maximum absolute atomic E-state index is 12.1. The molecule has 0 aliphatic heterocycles. The monoisotopic (exact) mass is 284 g/mol. The standard InChI is InChI=1S/C17H20N2O2/c1-21-12-14-7-3-5-9-16(14)19-17(20)11-10-13-6-2-4-8-15(13)18/h2-9H,10-12,18H2,1H3,(H,19,20). The molecule has 0 aliphatic rings. The van der Waals surface area contributed by atoms with Gasteiger partial charge in [0.1, 0.15) is 0 Å². The summed E-state index contributed by atoms with van der Waals surface area (Å²) in [7, 11) is 1.64. The zero-order valence-corrected chi connectivity index (χ0v) is 12.1. The molecule has 0 saturated carbocycles. The van der Waals surface area contributed by atoms with E-state index in [1.807, 2.05) is 48.5 Å². The molecule has 0 heterocycles. The second-order valence-electron chi connectivity index (χ2n) is 4.84. The van der Waals surface area contributed by atoms with E-state index in [0.717, 1.165) is 22.5 Å². The fourth-order valence-corrected chi connectivity index (χ4v) is 2.15. The first-order chi connectivity index (χ1) is 10.2. The summed E-state index contributed by atoms with van der Waals surface area (Å²) < 4.78 is 5.13. The van der Waals surface area contributed by atoms with E-state index in [2.05, 4.69) is 5.32 Å². The number of hydrogen-bond acceptors (Lipinski definition) is 3.